The molecule has 2 rings (SSSR count). The Labute approximate surface area is 123 Å². The maximum atomic E-state index is 13.6. The molecule has 1 aliphatic rings. The number of benzene rings is 1. The average Bonchev–Trinajstić information content (AvgIpc) is 2.46. The van der Waals surface area contributed by atoms with E-state index in [1.54, 1.807) is 12.1 Å². The van der Waals surface area contributed by atoms with Crippen molar-refractivity contribution in [2.24, 2.45) is 0 Å². The third kappa shape index (κ3) is 4.67. The third-order valence-electron chi connectivity index (χ3n) is 3.50. The van der Waals surface area contributed by atoms with E-state index < -0.39 is 5.97 Å². The lowest BCUT2D eigenvalue weighted by molar-refractivity contribution is -0.131. The maximum Gasteiger partial charge on any atom is 0.328 e. The van der Waals surface area contributed by atoms with Crippen molar-refractivity contribution in [2.75, 3.05) is 0 Å². The van der Waals surface area contributed by atoms with Gasteiger partial charge in [0.2, 0.25) is 0 Å². The molecule has 108 valence electrons. The Hall–Kier alpha value is -1.29. The van der Waals surface area contributed by atoms with Crippen LogP contribution in [0.1, 0.15) is 43.2 Å². The van der Waals surface area contributed by atoms with E-state index in [1.807, 2.05) is 11.8 Å². The molecule has 1 aromatic rings. The summed E-state index contributed by atoms with van der Waals surface area (Å²) < 4.78 is 13.6. The van der Waals surface area contributed by atoms with Gasteiger partial charge in [-0.1, -0.05) is 25.3 Å². The Balaban J connectivity index is 1.97. The van der Waals surface area contributed by atoms with E-state index >= 15 is 0 Å². The van der Waals surface area contributed by atoms with Crippen LogP contribution in [-0.2, 0) is 10.5 Å². The monoisotopic (exact) mass is 294 g/mol. The molecule has 0 aliphatic heterocycles. The molecule has 2 nitrogen and oxygen atoms in total. The molecular formula is C16H19FO2S. The van der Waals surface area contributed by atoms with Gasteiger partial charge in [0, 0.05) is 22.6 Å². The second-order valence-electron chi connectivity index (χ2n) is 5.10. The normalized spacial score (nSPS) is 16.6. The summed E-state index contributed by atoms with van der Waals surface area (Å²) in [7, 11) is 0. The zero-order valence-corrected chi connectivity index (χ0v) is 12.2. The van der Waals surface area contributed by atoms with Gasteiger partial charge in [-0.05, 0) is 36.6 Å². The first-order valence-electron chi connectivity index (χ1n) is 6.96. The van der Waals surface area contributed by atoms with E-state index in [1.165, 1.54) is 44.2 Å². The largest absolute Gasteiger partial charge is 0.478 e. The van der Waals surface area contributed by atoms with Gasteiger partial charge >= 0.3 is 5.97 Å². The van der Waals surface area contributed by atoms with Crippen molar-refractivity contribution < 1.29 is 14.3 Å². The molecule has 1 aliphatic carbocycles. The first-order valence-corrected chi connectivity index (χ1v) is 8.01. The first kappa shape index (κ1) is 15.1. The minimum Gasteiger partial charge on any atom is -0.478 e. The molecule has 0 spiro atoms. The predicted octanol–water partition coefficient (Wildman–Crippen LogP) is 4.49. The van der Waals surface area contributed by atoms with E-state index in [2.05, 4.69) is 0 Å². The van der Waals surface area contributed by atoms with Crippen LogP contribution in [0.4, 0.5) is 4.39 Å². The van der Waals surface area contributed by atoms with Crippen molar-refractivity contribution >= 4 is 23.8 Å². The second kappa shape index (κ2) is 7.48. The molecule has 0 saturated heterocycles. The number of carboxylic acids is 1. The van der Waals surface area contributed by atoms with Crippen LogP contribution in [0.3, 0.4) is 0 Å². The van der Waals surface area contributed by atoms with E-state index in [4.69, 9.17) is 5.11 Å². The zero-order chi connectivity index (χ0) is 14.4. The number of aliphatic carboxylic acids is 1. The van der Waals surface area contributed by atoms with E-state index in [-0.39, 0.29) is 5.82 Å². The molecule has 1 N–H and O–H groups in total. The number of hydrogen-bond donors (Lipinski definition) is 1. The van der Waals surface area contributed by atoms with Crippen molar-refractivity contribution in [1.82, 2.24) is 0 Å². The summed E-state index contributed by atoms with van der Waals surface area (Å²) in [5.74, 6) is -0.584. The van der Waals surface area contributed by atoms with Gasteiger partial charge in [0.1, 0.15) is 5.82 Å². The highest BCUT2D eigenvalue weighted by molar-refractivity contribution is 7.99. The number of thioether (sulfide) groups is 1. The molecule has 0 aromatic heterocycles. The minimum atomic E-state index is -1.06. The number of halogens is 1. The van der Waals surface area contributed by atoms with Crippen LogP contribution in [0.15, 0.2) is 24.3 Å². The van der Waals surface area contributed by atoms with Gasteiger partial charge in [-0.3, -0.25) is 0 Å². The SMILES string of the molecule is O=C(O)C=Cc1cc(CSC2CCCCC2)ccc1F. The Morgan fingerprint density at radius 1 is 1.35 bits per heavy atom. The van der Waals surface area contributed by atoms with Crippen LogP contribution in [-0.4, -0.2) is 16.3 Å². The van der Waals surface area contributed by atoms with Gasteiger partial charge in [-0.15, -0.1) is 0 Å². The Bertz CT molecular complexity index is 493. The Morgan fingerprint density at radius 3 is 2.80 bits per heavy atom. The van der Waals surface area contributed by atoms with Gasteiger partial charge in [-0.25, -0.2) is 9.18 Å². The van der Waals surface area contributed by atoms with Crippen LogP contribution < -0.4 is 0 Å². The van der Waals surface area contributed by atoms with Crippen molar-refractivity contribution in [3.8, 4) is 0 Å². The predicted molar refractivity (Wildman–Crippen MR) is 81.2 cm³/mol. The number of carboxylic acid groups (broad SMARTS) is 1. The Morgan fingerprint density at radius 2 is 2.10 bits per heavy atom. The summed E-state index contributed by atoms with van der Waals surface area (Å²) in [6.07, 6.45) is 8.80. The quantitative estimate of drug-likeness (QED) is 0.813. The minimum absolute atomic E-state index is 0.342. The molecule has 20 heavy (non-hydrogen) atoms. The van der Waals surface area contributed by atoms with Gasteiger partial charge in [0.25, 0.3) is 0 Å². The molecule has 1 saturated carbocycles. The summed E-state index contributed by atoms with van der Waals surface area (Å²) in [6, 6.07) is 4.94. The first-order chi connectivity index (χ1) is 9.65. The number of rotatable bonds is 5. The molecule has 1 aromatic carbocycles. The fourth-order valence-electron chi connectivity index (χ4n) is 2.42. The summed E-state index contributed by atoms with van der Waals surface area (Å²) in [4.78, 5) is 10.5. The topological polar surface area (TPSA) is 37.3 Å². The fourth-order valence-corrected chi connectivity index (χ4v) is 3.69. The van der Waals surface area contributed by atoms with Crippen molar-refractivity contribution in [1.29, 1.82) is 0 Å². The molecule has 0 heterocycles. The lowest BCUT2D eigenvalue weighted by atomic mass is 10.0. The van der Waals surface area contributed by atoms with Crippen LogP contribution in [0.25, 0.3) is 6.08 Å². The highest BCUT2D eigenvalue weighted by Crippen LogP contribution is 2.30. The van der Waals surface area contributed by atoms with Gasteiger partial charge in [0.15, 0.2) is 0 Å². The molecular weight excluding hydrogens is 275 g/mol. The van der Waals surface area contributed by atoms with Crippen molar-refractivity contribution in [3.05, 3.63) is 41.2 Å². The molecule has 0 amide bonds. The van der Waals surface area contributed by atoms with Crippen molar-refractivity contribution in [3.63, 3.8) is 0 Å². The van der Waals surface area contributed by atoms with Gasteiger partial charge < -0.3 is 5.11 Å². The molecule has 0 atom stereocenters. The van der Waals surface area contributed by atoms with E-state index in [0.717, 1.165) is 17.4 Å². The van der Waals surface area contributed by atoms with Crippen molar-refractivity contribution in [2.45, 2.75) is 43.1 Å². The zero-order valence-electron chi connectivity index (χ0n) is 11.3. The molecule has 0 unspecified atom stereocenters. The lowest BCUT2D eigenvalue weighted by Gasteiger charge is -2.21. The highest BCUT2D eigenvalue weighted by Gasteiger charge is 2.13. The van der Waals surface area contributed by atoms with Gasteiger partial charge in [-0.2, -0.15) is 11.8 Å². The van der Waals surface area contributed by atoms with E-state index in [0.29, 0.717) is 10.8 Å². The lowest BCUT2D eigenvalue weighted by Crippen LogP contribution is -2.08. The van der Waals surface area contributed by atoms with Crippen LogP contribution in [0.5, 0.6) is 0 Å². The van der Waals surface area contributed by atoms with Crippen LogP contribution in [0, 0.1) is 5.82 Å². The summed E-state index contributed by atoms with van der Waals surface area (Å²) in [6.45, 7) is 0. The molecule has 4 heteroatoms. The van der Waals surface area contributed by atoms with Crippen LogP contribution >= 0.6 is 11.8 Å². The summed E-state index contributed by atoms with van der Waals surface area (Å²) in [5.41, 5.74) is 1.39. The standard InChI is InChI=1S/C16H19FO2S/c17-15-8-6-12(10-13(15)7-9-16(18)19)11-20-14-4-2-1-3-5-14/h6-10,14H,1-5,11H2,(H,18,19). The van der Waals surface area contributed by atoms with Gasteiger partial charge in [0.05, 0.1) is 0 Å². The Kier molecular flexibility index (Phi) is 5.65. The second-order valence-corrected chi connectivity index (χ2v) is 6.39. The molecule has 0 radical (unpaired) electrons. The highest BCUT2D eigenvalue weighted by atomic mass is 32.2. The smallest absolute Gasteiger partial charge is 0.328 e. The average molecular weight is 294 g/mol. The third-order valence-corrected chi connectivity index (χ3v) is 4.95. The van der Waals surface area contributed by atoms with E-state index in [9.17, 15) is 9.18 Å². The maximum absolute atomic E-state index is 13.6. The fraction of sp³-hybridized carbons (Fsp3) is 0.438. The molecule has 0 bridgehead atoms. The molecule has 1 fully saturated rings. The van der Waals surface area contributed by atoms with Crippen LogP contribution in [0.2, 0.25) is 0 Å². The summed E-state index contributed by atoms with van der Waals surface area (Å²) >= 11 is 1.93. The number of hydrogen-bond acceptors (Lipinski definition) is 2. The summed E-state index contributed by atoms with van der Waals surface area (Å²) in [5, 5.41) is 9.31. The number of carbonyl (C=O) groups is 1.